The summed E-state index contributed by atoms with van der Waals surface area (Å²) in [5, 5.41) is 63.6. The van der Waals surface area contributed by atoms with E-state index in [0.717, 1.165) is 72.9 Å². The van der Waals surface area contributed by atoms with Gasteiger partial charge in [0, 0.05) is 71.2 Å². The zero-order valence-corrected chi connectivity index (χ0v) is 40.9. The van der Waals surface area contributed by atoms with Gasteiger partial charge in [-0.15, -0.1) is 0 Å². The van der Waals surface area contributed by atoms with Crippen LogP contribution in [-0.4, -0.2) is 79.6 Å². The number of nitrogens with two attached hydrogens (primary N) is 1. The number of phenolic OH excluding ortho intramolecular Hbond substituents is 1. The molecule has 0 amide bonds. The maximum atomic E-state index is 12.8. The molecule has 13 unspecified atom stereocenters. The van der Waals surface area contributed by atoms with Crippen LogP contribution in [-0.2, 0) is 12.8 Å². The number of rotatable bonds is 7. The lowest BCUT2D eigenvalue weighted by molar-refractivity contribution is -0.0483. The van der Waals surface area contributed by atoms with E-state index in [2.05, 4.69) is 54.2 Å². The minimum atomic E-state index is -1.02. The van der Waals surface area contributed by atoms with Gasteiger partial charge in [-0.05, 0) is 159 Å². The number of phenols is 1. The van der Waals surface area contributed by atoms with Crippen LogP contribution < -0.4 is 15.8 Å². The number of aliphatic hydroxyl groups is 4. The number of hydrogen-bond acceptors (Lipinski definition) is 10. The molecule has 0 radical (unpaired) electrons. The Morgan fingerprint density at radius 1 is 0.985 bits per heavy atom. The highest BCUT2D eigenvalue weighted by Gasteiger charge is 2.60. The topological polar surface area (TPSA) is 164 Å². The highest BCUT2D eigenvalue weighted by atomic mass is 33.1. The fraction of sp³-hybridized carbons (Fsp3) is 0.673. The van der Waals surface area contributed by atoms with Gasteiger partial charge in [-0.2, -0.15) is 0 Å². The molecule has 66 heavy (non-hydrogen) atoms. The summed E-state index contributed by atoms with van der Waals surface area (Å²) in [4.78, 5) is 3.38. The number of nitrogens with one attached hydrogen (secondary N) is 2. The van der Waals surface area contributed by atoms with E-state index in [9.17, 15) is 25.5 Å². The summed E-state index contributed by atoms with van der Waals surface area (Å²) < 4.78 is 6.95. The fourth-order valence-corrected chi connectivity index (χ4v) is 17.8. The number of dihydropyridines is 1. The molecule has 1 aromatic carbocycles. The first-order valence-corrected chi connectivity index (χ1v) is 28.2. The van der Waals surface area contributed by atoms with Crippen molar-refractivity contribution >= 4 is 21.6 Å². The van der Waals surface area contributed by atoms with E-state index in [4.69, 9.17) is 10.5 Å². The van der Waals surface area contributed by atoms with E-state index in [1.807, 2.05) is 24.4 Å². The Labute approximate surface area is 401 Å². The second kappa shape index (κ2) is 19.1. The van der Waals surface area contributed by atoms with Crippen molar-refractivity contribution in [2.45, 2.75) is 153 Å². The molecule has 2 bridgehead atoms. The molecule has 2 spiro atoms. The Balaban J connectivity index is 1.02. The van der Waals surface area contributed by atoms with Crippen molar-refractivity contribution in [2.24, 2.45) is 57.5 Å². The lowest BCUT2D eigenvalue weighted by Crippen LogP contribution is -2.43. The van der Waals surface area contributed by atoms with Gasteiger partial charge in [-0.25, -0.2) is 0 Å². The van der Waals surface area contributed by atoms with Crippen molar-refractivity contribution < 1.29 is 30.3 Å². The summed E-state index contributed by atoms with van der Waals surface area (Å²) in [5.41, 5.74) is 13.8. The molecule has 13 atom stereocenters. The summed E-state index contributed by atoms with van der Waals surface area (Å²) in [7, 11) is 3.30. The SMILES string of the molecule is CCC1Cc2cc(O)c(OC3CC(Cc4ccc[nH]4)C4=CCNC(N)=C4CSSCC(CO)C3O)cc2C2CC(O)C3C(C#CC4(CC)CCCC(CC45CCC4(CCCC4)C5)C3O)C=C12. The van der Waals surface area contributed by atoms with E-state index in [1.165, 1.54) is 50.5 Å². The van der Waals surface area contributed by atoms with Crippen LogP contribution in [0.15, 0.2) is 65.2 Å². The van der Waals surface area contributed by atoms with Crippen molar-refractivity contribution in [1.82, 2.24) is 10.3 Å². The number of H-pyrrole nitrogens is 1. The number of aromatic nitrogens is 1. The molecule has 4 fully saturated rings. The Hall–Kier alpha value is -2.98. The smallest absolute Gasteiger partial charge is 0.161 e. The Morgan fingerprint density at radius 3 is 2.61 bits per heavy atom. The molecular formula is C55H75N3O6S2. The van der Waals surface area contributed by atoms with Gasteiger partial charge in [0.05, 0.1) is 18.3 Å². The predicted molar refractivity (Wildman–Crippen MR) is 265 cm³/mol. The van der Waals surface area contributed by atoms with Gasteiger partial charge < -0.3 is 46.3 Å². The third kappa shape index (κ3) is 8.48. The first-order valence-electron chi connectivity index (χ1n) is 25.7. The molecule has 8 aliphatic rings. The van der Waals surface area contributed by atoms with Crippen molar-refractivity contribution in [3.63, 3.8) is 0 Å². The zero-order valence-electron chi connectivity index (χ0n) is 39.3. The fourth-order valence-electron chi connectivity index (χ4n) is 15.2. The average molecular weight is 938 g/mol. The number of ether oxygens (including phenoxy) is 1. The molecule has 9 N–H and O–H groups in total. The predicted octanol–water partition coefficient (Wildman–Crippen LogP) is 9.07. The number of hydrogen-bond donors (Lipinski definition) is 8. The second-order valence-corrected chi connectivity index (χ2v) is 24.6. The van der Waals surface area contributed by atoms with Crippen LogP contribution >= 0.6 is 21.6 Å². The number of fused-ring (bicyclic) bond motifs is 6. The van der Waals surface area contributed by atoms with Gasteiger partial charge in [0.2, 0.25) is 0 Å². The normalized spacial score (nSPS) is 38.6. The summed E-state index contributed by atoms with van der Waals surface area (Å²) >= 11 is 0. The molecule has 1 aromatic heterocycles. The highest BCUT2D eigenvalue weighted by Crippen LogP contribution is 2.69. The van der Waals surface area contributed by atoms with Crippen LogP contribution in [0.3, 0.4) is 0 Å². The molecule has 3 saturated carbocycles. The molecular weight excluding hydrogens is 863 g/mol. The van der Waals surface area contributed by atoms with Crippen molar-refractivity contribution in [1.29, 1.82) is 0 Å². The molecule has 358 valence electrons. The minimum Gasteiger partial charge on any atom is -0.504 e. The maximum absolute atomic E-state index is 12.8. The summed E-state index contributed by atoms with van der Waals surface area (Å²) in [6, 6.07) is 7.91. The summed E-state index contributed by atoms with van der Waals surface area (Å²) in [6.07, 6.45) is 20.9. The monoisotopic (exact) mass is 938 g/mol. The van der Waals surface area contributed by atoms with E-state index in [0.29, 0.717) is 54.3 Å². The lowest BCUT2D eigenvalue weighted by atomic mass is 9.56. The zero-order chi connectivity index (χ0) is 45.8. The lowest BCUT2D eigenvalue weighted by Gasteiger charge is -2.47. The van der Waals surface area contributed by atoms with Crippen LogP contribution in [0.4, 0.5) is 0 Å². The second-order valence-electron chi connectivity index (χ2n) is 22.1. The van der Waals surface area contributed by atoms with Crippen molar-refractivity contribution in [3.8, 4) is 23.3 Å². The van der Waals surface area contributed by atoms with E-state index >= 15 is 0 Å². The van der Waals surface area contributed by atoms with Crippen LogP contribution in [0.2, 0.25) is 0 Å². The third-order valence-electron chi connectivity index (χ3n) is 18.8. The molecule has 6 aliphatic carbocycles. The van der Waals surface area contributed by atoms with Gasteiger partial charge in [0.15, 0.2) is 11.5 Å². The average Bonchev–Trinajstić information content (AvgIpc) is 4.05. The van der Waals surface area contributed by atoms with Gasteiger partial charge in [0.25, 0.3) is 0 Å². The molecule has 2 aliphatic heterocycles. The third-order valence-corrected chi connectivity index (χ3v) is 21.2. The summed E-state index contributed by atoms with van der Waals surface area (Å²) in [6.45, 7) is 5.01. The van der Waals surface area contributed by atoms with E-state index in [1.54, 1.807) is 21.6 Å². The molecule has 10 rings (SSSR count). The molecule has 3 heterocycles. The number of aromatic amines is 1. The molecule has 2 aromatic rings. The van der Waals surface area contributed by atoms with Crippen LogP contribution in [0.25, 0.3) is 0 Å². The number of allylic oxidation sites excluding steroid dienone is 3. The largest absolute Gasteiger partial charge is 0.504 e. The Bertz CT molecular complexity index is 2240. The van der Waals surface area contributed by atoms with Gasteiger partial charge in [0.1, 0.15) is 11.9 Å². The minimum absolute atomic E-state index is 0.0283. The van der Waals surface area contributed by atoms with Gasteiger partial charge in [-0.1, -0.05) is 84.3 Å². The first kappa shape index (κ1) is 46.7. The Morgan fingerprint density at radius 2 is 1.83 bits per heavy atom. The van der Waals surface area contributed by atoms with Gasteiger partial charge >= 0.3 is 0 Å². The quantitative estimate of drug-likeness (QED) is 0.0764. The standard InChI is InChI=1S/C55H75N3O6S2/c1-3-33-21-36-24-45(60)47(64-48-25-37(22-39-10-8-19-57-39)40-12-20-58-52(56)44(40)31-66-65-30-38(29-59)50(48)62)27-42(36)43-26-46(61)49-34(23-41(33)43)11-16-54(4-2)15-7-9-35(51(49)63)28-55(54)18-17-53(32-55)13-5-6-14-53/h8,10,12,19,23-24,27,33-35,37-38,43,46,48-51,57-63H,3-7,9,13-15,17-18,20-22,25-26,28-32,56H2,1-2H3. The van der Waals surface area contributed by atoms with E-state index < -0.39 is 30.3 Å². The molecule has 11 heteroatoms. The van der Waals surface area contributed by atoms with Crippen molar-refractivity contribution in [3.05, 3.63) is 82.0 Å². The highest BCUT2D eigenvalue weighted by molar-refractivity contribution is 8.76. The van der Waals surface area contributed by atoms with E-state index in [-0.39, 0.29) is 58.7 Å². The van der Waals surface area contributed by atoms with Crippen LogP contribution in [0.1, 0.15) is 133 Å². The van der Waals surface area contributed by atoms with Crippen molar-refractivity contribution in [2.75, 3.05) is 24.7 Å². The van der Waals surface area contributed by atoms with Crippen LogP contribution in [0.5, 0.6) is 11.5 Å². The van der Waals surface area contributed by atoms with Crippen LogP contribution in [0, 0.1) is 63.6 Å². The Kier molecular flexibility index (Phi) is 13.5. The van der Waals surface area contributed by atoms with Gasteiger partial charge in [-0.3, -0.25) is 0 Å². The number of aliphatic hydroxyl groups excluding tert-OH is 4. The number of benzene rings is 1. The summed E-state index contributed by atoms with van der Waals surface area (Å²) in [5.74, 6) is 9.24. The number of aromatic hydroxyl groups is 1. The maximum Gasteiger partial charge on any atom is 0.161 e. The first-order chi connectivity index (χ1) is 32.0. The molecule has 1 saturated heterocycles. The molecule has 9 nitrogen and oxygen atoms in total.